The topological polar surface area (TPSA) is 74.8 Å². The second-order valence-electron chi connectivity index (χ2n) is 5.94. The molecule has 0 unspecified atom stereocenters. The van der Waals surface area contributed by atoms with Gasteiger partial charge in [-0.05, 0) is 41.8 Å². The number of ether oxygens (including phenoxy) is 1. The lowest BCUT2D eigenvalue weighted by atomic mass is 10.1. The van der Waals surface area contributed by atoms with Crippen molar-refractivity contribution < 1.29 is 9.53 Å². The van der Waals surface area contributed by atoms with Crippen molar-refractivity contribution in [3.63, 3.8) is 0 Å². The molecule has 0 aromatic heterocycles. The van der Waals surface area contributed by atoms with Crippen molar-refractivity contribution >= 4 is 29.2 Å². The first kappa shape index (κ1) is 20.6. The van der Waals surface area contributed by atoms with Crippen molar-refractivity contribution in [2.45, 2.75) is 19.9 Å². The van der Waals surface area contributed by atoms with Gasteiger partial charge in [-0.2, -0.15) is 0 Å². The predicted octanol–water partition coefficient (Wildman–Crippen LogP) is 3.21. The normalized spacial score (nSPS) is 11.0. The maximum atomic E-state index is 11.2. The van der Waals surface area contributed by atoms with Crippen LogP contribution in [0.25, 0.3) is 0 Å². The lowest BCUT2D eigenvalue weighted by molar-refractivity contribution is -0.114. The van der Waals surface area contributed by atoms with Gasteiger partial charge in [-0.3, -0.25) is 9.79 Å². The van der Waals surface area contributed by atoms with Crippen LogP contribution in [0.15, 0.2) is 47.5 Å². The lowest BCUT2D eigenvalue weighted by Crippen LogP contribution is -2.37. The number of anilines is 1. The summed E-state index contributed by atoms with van der Waals surface area (Å²) in [6.07, 6.45) is 0.765. The van der Waals surface area contributed by atoms with Gasteiger partial charge in [-0.1, -0.05) is 29.8 Å². The highest BCUT2D eigenvalue weighted by Crippen LogP contribution is 2.22. The van der Waals surface area contributed by atoms with Gasteiger partial charge in [0.15, 0.2) is 5.96 Å². The number of benzene rings is 2. The average Bonchev–Trinajstić information content (AvgIpc) is 2.65. The number of hydrogen-bond acceptors (Lipinski definition) is 3. The Bertz CT molecular complexity index is 808. The van der Waals surface area contributed by atoms with Crippen molar-refractivity contribution in [1.82, 2.24) is 10.6 Å². The van der Waals surface area contributed by atoms with Gasteiger partial charge in [0.2, 0.25) is 5.91 Å². The molecule has 6 nitrogen and oxygen atoms in total. The van der Waals surface area contributed by atoms with Gasteiger partial charge in [0.25, 0.3) is 0 Å². The minimum Gasteiger partial charge on any atom is -0.497 e. The van der Waals surface area contributed by atoms with E-state index in [1.54, 1.807) is 14.2 Å². The van der Waals surface area contributed by atoms with E-state index in [1.807, 2.05) is 42.5 Å². The third kappa shape index (κ3) is 6.83. The summed E-state index contributed by atoms with van der Waals surface area (Å²) in [5, 5.41) is 10.00. The van der Waals surface area contributed by atoms with Crippen LogP contribution in [-0.4, -0.2) is 32.6 Å². The molecular weight excluding hydrogens is 364 g/mol. The highest BCUT2D eigenvalue weighted by Gasteiger charge is 2.04. The number of rotatable bonds is 7. The molecule has 0 saturated heterocycles. The molecule has 2 aromatic rings. The Balaban J connectivity index is 1.83. The molecule has 7 heteroatoms. The van der Waals surface area contributed by atoms with Crippen LogP contribution < -0.4 is 20.7 Å². The molecule has 0 fully saturated rings. The van der Waals surface area contributed by atoms with Crippen LogP contribution in [0, 0.1) is 0 Å². The molecule has 144 valence electrons. The minimum atomic E-state index is -0.0882. The van der Waals surface area contributed by atoms with Gasteiger partial charge < -0.3 is 20.7 Å². The molecule has 0 spiro atoms. The molecule has 0 heterocycles. The van der Waals surface area contributed by atoms with Crippen LogP contribution in [0.4, 0.5) is 5.69 Å². The number of nitrogens with one attached hydrogen (secondary N) is 3. The number of carbonyl (C=O) groups excluding carboxylic acids is 1. The van der Waals surface area contributed by atoms with Crippen molar-refractivity contribution in [3.8, 4) is 5.75 Å². The standard InChI is InChI=1S/C20H25ClN4O2/c1-14(26)25-17-6-4-5-15(11-17)13-24-20(22-2)23-10-9-16-7-8-18(27-3)12-19(16)21/h4-8,11-12H,9-10,13H2,1-3H3,(H,25,26)(H2,22,23,24). The summed E-state index contributed by atoms with van der Waals surface area (Å²) in [6, 6.07) is 13.4. The molecule has 0 bridgehead atoms. The van der Waals surface area contributed by atoms with Crippen LogP contribution in [-0.2, 0) is 17.8 Å². The predicted molar refractivity (Wildman–Crippen MR) is 111 cm³/mol. The Kier molecular flexibility index (Phi) is 7.95. The van der Waals surface area contributed by atoms with Crippen molar-refractivity contribution in [1.29, 1.82) is 0 Å². The molecule has 0 aliphatic rings. The van der Waals surface area contributed by atoms with Crippen LogP contribution in [0.2, 0.25) is 5.02 Å². The zero-order valence-corrected chi connectivity index (χ0v) is 16.6. The number of halogens is 1. The van der Waals surface area contributed by atoms with Crippen molar-refractivity contribution in [3.05, 3.63) is 58.6 Å². The summed E-state index contributed by atoms with van der Waals surface area (Å²) in [5.41, 5.74) is 2.87. The minimum absolute atomic E-state index is 0.0882. The fourth-order valence-electron chi connectivity index (χ4n) is 2.54. The number of amides is 1. The molecule has 27 heavy (non-hydrogen) atoms. The SMILES string of the molecule is CN=C(NCCc1ccc(OC)cc1Cl)NCc1cccc(NC(C)=O)c1. The molecule has 0 radical (unpaired) electrons. The number of hydrogen-bond donors (Lipinski definition) is 3. The van der Waals surface area contributed by atoms with Gasteiger partial charge in [0.1, 0.15) is 5.75 Å². The van der Waals surface area contributed by atoms with Crippen LogP contribution >= 0.6 is 11.6 Å². The highest BCUT2D eigenvalue weighted by atomic mass is 35.5. The Morgan fingerprint density at radius 3 is 2.67 bits per heavy atom. The molecule has 0 aliphatic heterocycles. The van der Waals surface area contributed by atoms with Gasteiger partial charge in [-0.15, -0.1) is 0 Å². The van der Waals surface area contributed by atoms with Gasteiger partial charge in [0, 0.05) is 37.8 Å². The summed E-state index contributed by atoms with van der Waals surface area (Å²) >= 11 is 6.27. The van der Waals surface area contributed by atoms with E-state index < -0.39 is 0 Å². The zero-order valence-electron chi connectivity index (χ0n) is 15.8. The summed E-state index contributed by atoms with van der Waals surface area (Å²) in [5.74, 6) is 1.36. The third-order valence-corrected chi connectivity index (χ3v) is 4.23. The van der Waals surface area contributed by atoms with E-state index in [0.717, 1.165) is 29.0 Å². The number of carbonyl (C=O) groups is 1. The average molecular weight is 389 g/mol. The maximum absolute atomic E-state index is 11.2. The lowest BCUT2D eigenvalue weighted by Gasteiger charge is -2.13. The molecule has 1 amide bonds. The van der Waals surface area contributed by atoms with Gasteiger partial charge in [0.05, 0.1) is 7.11 Å². The van der Waals surface area contributed by atoms with E-state index in [9.17, 15) is 4.79 Å². The van der Waals surface area contributed by atoms with Crippen molar-refractivity contribution in [2.75, 3.05) is 26.0 Å². The first-order chi connectivity index (χ1) is 13.0. The molecule has 2 rings (SSSR count). The number of aliphatic imine (C=N–C) groups is 1. The largest absolute Gasteiger partial charge is 0.497 e. The van der Waals surface area contributed by atoms with E-state index in [4.69, 9.17) is 16.3 Å². The summed E-state index contributed by atoms with van der Waals surface area (Å²) in [7, 11) is 3.35. The molecule has 0 saturated carbocycles. The van der Waals surface area contributed by atoms with Crippen LogP contribution in [0.1, 0.15) is 18.1 Å². The van der Waals surface area contributed by atoms with Crippen LogP contribution in [0.5, 0.6) is 5.75 Å². The summed E-state index contributed by atoms with van der Waals surface area (Å²) in [4.78, 5) is 15.4. The second-order valence-corrected chi connectivity index (χ2v) is 6.35. The number of nitrogens with zero attached hydrogens (tertiary/aromatic N) is 1. The number of methoxy groups -OCH3 is 1. The Hall–Kier alpha value is -2.73. The van der Waals surface area contributed by atoms with E-state index in [2.05, 4.69) is 20.9 Å². The third-order valence-electron chi connectivity index (χ3n) is 3.88. The van der Waals surface area contributed by atoms with Crippen LogP contribution in [0.3, 0.4) is 0 Å². The maximum Gasteiger partial charge on any atom is 0.221 e. The molecule has 3 N–H and O–H groups in total. The Morgan fingerprint density at radius 2 is 2.00 bits per heavy atom. The van der Waals surface area contributed by atoms with Crippen molar-refractivity contribution in [2.24, 2.45) is 4.99 Å². The zero-order chi connectivity index (χ0) is 19.6. The summed E-state index contributed by atoms with van der Waals surface area (Å²) < 4.78 is 5.16. The highest BCUT2D eigenvalue weighted by molar-refractivity contribution is 6.31. The fourth-order valence-corrected chi connectivity index (χ4v) is 2.81. The van der Waals surface area contributed by atoms with E-state index >= 15 is 0 Å². The fraction of sp³-hybridized carbons (Fsp3) is 0.300. The van der Waals surface area contributed by atoms with Gasteiger partial charge >= 0.3 is 0 Å². The summed E-state index contributed by atoms with van der Waals surface area (Å²) in [6.45, 7) is 2.78. The monoisotopic (exact) mass is 388 g/mol. The molecular formula is C20H25ClN4O2. The second kappa shape index (κ2) is 10.4. The van der Waals surface area contributed by atoms with E-state index in [0.29, 0.717) is 24.1 Å². The Labute approximate surface area is 165 Å². The molecule has 0 aliphatic carbocycles. The smallest absolute Gasteiger partial charge is 0.221 e. The quantitative estimate of drug-likeness (QED) is 0.503. The molecule has 0 atom stereocenters. The van der Waals surface area contributed by atoms with E-state index in [1.165, 1.54) is 6.92 Å². The Morgan fingerprint density at radius 1 is 1.19 bits per heavy atom. The first-order valence-electron chi connectivity index (χ1n) is 8.65. The van der Waals surface area contributed by atoms with Gasteiger partial charge in [-0.25, -0.2) is 0 Å². The first-order valence-corrected chi connectivity index (χ1v) is 9.03. The number of guanidine groups is 1. The van der Waals surface area contributed by atoms with E-state index in [-0.39, 0.29) is 5.91 Å². The molecule has 2 aromatic carbocycles.